The number of carbonyl (C=O) groups is 2. The first-order valence-corrected chi connectivity index (χ1v) is 7.55. The molecule has 6 heteroatoms. The number of carbonyl (C=O) groups excluding carboxylic acids is 2. The standard InChI is InChI=1S/C12H13NO4S/c1-18(16,17)8-12(15)13-7-6-11(14)9-4-2-3-5-10(9)13/h2-5H,6-8H2,1H3. The highest BCUT2D eigenvalue weighted by atomic mass is 32.2. The Balaban J connectivity index is 2.35. The maximum absolute atomic E-state index is 11.9. The average molecular weight is 267 g/mol. The van der Waals surface area contributed by atoms with Gasteiger partial charge in [0.1, 0.15) is 5.75 Å². The largest absolute Gasteiger partial charge is 0.310 e. The van der Waals surface area contributed by atoms with Crippen LogP contribution in [0.4, 0.5) is 5.69 Å². The minimum absolute atomic E-state index is 0.0194. The van der Waals surface area contributed by atoms with Crippen molar-refractivity contribution in [1.29, 1.82) is 0 Å². The number of hydrogen-bond acceptors (Lipinski definition) is 4. The number of rotatable bonds is 2. The first kappa shape index (κ1) is 12.8. The second-order valence-electron chi connectivity index (χ2n) is 4.31. The number of Topliss-reactive ketones (excluding diaryl/α,β-unsaturated/α-hetero) is 1. The van der Waals surface area contributed by atoms with Crippen molar-refractivity contribution >= 4 is 27.2 Å². The van der Waals surface area contributed by atoms with Gasteiger partial charge in [-0.15, -0.1) is 0 Å². The zero-order valence-corrected chi connectivity index (χ0v) is 10.7. The lowest BCUT2D eigenvalue weighted by atomic mass is 10.0. The number of ketones is 1. The van der Waals surface area contributed by atoms with Crippen LogP contribution in [0, 0.1) is 0 Å². The monoisotopic (exact) mass is 267 g/mol. The Morgan fingerprint density at radius 3 is 2.67 bits per heavy atom. The third-order valence-electron chi connectivity index (χ3n) is 2.74. The Morgan fingerprint density at radius 1 is 1.33 bits per heavy atom. The molecule has 0 N–H and O–H groups in total. The van der Waals surface area contributed by atoms with Gasteiger partial charge in [0.05, 0.1) is 5.69 Å². The van der Waals surface area contributed by atoms with Crippen LogP contribution in [-0.2, 0) is 14.6 Å². The lowest BCUT2D eigenvalue weighted by Crippen LogP contribution is -2.40. The summed E-state index contributed by atoms with van der Waals surface area (Å²) in [5.41, 5.74) is 0.980. The molecule has 0 unspecified atom stereocenters. The molecular weight excluding hydrogens is 254 g/mol. The van der Waals surface area contributed by atoms with Gasteiger partial charge in [0.15, 0.2) is 15.6 Å². The summed E-state index contributed by atoms with van der Waals surface area (Å²) in [6.45, 7) is 0.240. The van der Waals surface area contributed by atoms with Crippen molar-refractivity contribution in [3.05, 3.63) is 29.8 Å². The Hall–Kier alpha value is -1.69. The first-order chi connectivity index (χ1) is 8.38. The van der Waals surface area contributed by atoms with Crippen molar-refractivity contribution < 1.29 is 18.0 Å². The number of fused-ring (bicyclic) bond motifs is 1. The van der Waals surface area contributed by atoms with Crippen LogP contribution in [0.25, 0.3) is 0 Å². The highest BCUT2D eigenvalue weighted by Gasteiger charge is 2.28. The second-order valence-corrected chi connectivity index (χ2v) is 6.45. The molecule has 18 heavy (non-hydrogen) atoms. The molecule has 0 aliphatic carbocycles. The quantitative estimate of drug-likeness (QED) is 0.788. The normalized spacial score (nSPS) is 15.4. The molecule has 96 valence electrons. The van der Waals surface area contributed by atoms with E-state index in [2.05, 4.69) is 0 Å². The maximum atomic E-state index is 11.9. The highest BCUT2D eigenvalue weighted by molar-refractivity contribution is 7.91. The lowest BCUT2D eigenvalue weighted by molar-refractivity contribution is -0.116. The van der Waals surface area contributed by atoms with E-state index in [4.69, 9.17) is 0 Å². The minimum Gasteiger partial charge on any atom is -0.310 e. The van der Waals surface area contributed by atoms with E-state index in [1.54, 1.807) is 24.3 Å². The van der Waals surface area contributed by atoms with E-state index < -0.39 is 21.5 Å². The third-order valence-corrected chi connectivity index (χ3v) is 3.52. The number of hydrogen-bond donors (Lipinski definition) is 0. The van der Waals surface area contributed by atoms with E-state index in [0.29, 0.717) is 11.3 Å². The van der Waals surface area contributed by atoms with Gasteiger partial charge >= 0.3 is 0 Å². The molecule has 0 bridgehead atoms. The number of benzene rings is 1. The van der Waals surface area contributed by atoms with Crippen LogP contribution in [0.2, 0.25) is 0 Å². The van der Waals surface area contributed by atoms with Crippen LogP contribution in [0.3, 0.4) is 0 Å². The van der Waals surface area contributed by atoms with Crippen LogP contribution in [0.1, 0.15) is 16.8 Å². The van der Waals surface area contributed by atoms with Gasteiger partial charge in [-0.3, -0.25) is 9.59 Å². The summed E-state index contributed by atoms with van der Waals surface area (Å²) in [7, 11) is -3.36. The van der Waals surface area contributed by atoms with Gasteiger partial charge in [-0.05, 0) is 12.1 Å². The number of anilines is 1. The fourth-order valence-corrected chi connectivity index (χ4v) is 2.58. The van der Waals surface area contributed by atoms with E-state index >= 15 is 0 Å². The Labute approximate surface area is 105 Å². The van der Waals surface area contributed by atoms with Crippen molar-refractivity contribution in [3.8, 4) is 0 Å². The molecule has 0 saturated carbocycles. The third kappa shape index (κ3) is 2.59. The zero-order valence-electron chi connectivity index (χ0n) is 9.92. The van der Waals surface area contributed by atoms with Crippen LogP contribution in [-0.4, -0.2) is 38.7 Å². The summed E-state index contributed by atoms with van der Waals surface area (Å²) < 4.78 is 22.3. The second kappa shape index (κ2) is 4.53. The molecule has 1 aliphatic heterocycles. The predicted molar refractivity (Wildman–Crippen MR) is 67.5 cm³/mol. The fraction of sp³-hybridized carbons (Fsp3) is 0.333. The van der Waals surface area contributed by atoms with Crippen LogP contribution >= 0.6 is 0 Å². The van der Waals surface area contributed by atoms with Gasteiger partial charge < -0.3 is 4.90 Å². The molecule has 1 aromatic carbocycles. The van der Waals surface area contributed by atoms with Crippen molar-refractivity contribution in [2.75, 3.05) is 23.5 Å². The van der Waals surface area contributed by atoms with Crippen LogP contribution in [0.15, 0.2) is 24.3 Å². The van der Waals surface area contributed by atoms with E-state index in [1.165, 1.54) is 4.90 Å². The van der Waals surface area contributed by atoms with Crippen LogP contribution in [0.5, 0.6) is 0 Å². The number of sulfone groups is 1. The molecule has 5 nitrogen and oxygen atoms in total. The first-order valence-electron chi connectivity index (χ1n) is 5.49. The predicted octanol–water partition coefficient (Wildman–Crippen LogP) is 0.651. The summed E-state index contributed by atoms with van der Waals surface area (Å²) in [5, 5.41) is 0. The summed E-state index contributed by atoms with van der Waals surface area (Å²) in [5.74, 6) is -1.04. The summed E-state index contributed by atoms with van der Waals surface area (Å²) in [6.07, 6.45) is 1.25. The van der Waals surface area contributed by atoms with Gasteiger partial charge in [-0.1, -0.05) is 12.1 Å². The molecule has 1 aromatic rings. The highest BCUT2D eigenvalue weighted by Crippen LogP contribution is 2.26. The maximum Gasteiger partial charge on any atom is 0.242 e. The molecule has 1 amide bonds. The number of para-hydroxylation sites is 1. The Kier molecular flexibility index (Phi) is 3.21. The van der Waals surface area contributed by atoms with Crippen molar-refractivity contribution in [3.63, 3.8) is 0 Å². The molecule has 0 spiro atoms. The molecule has 0 atom stereocenters. The van der Waals surface area contributed by atoms with Gasteiger partial charge in [0.25, 0.3) is 0 Å². The SMILES string of the molecule is CS(=O)(=O)CC(=O)N1CCC(=O)c2ccccc21. The topological polar surface area (TPSA) is 71.5 Å². The molecule has 2 rings (SSSR count). The molecule has 0 fully saturated rings. The number of amides is 1. The van der Waals surface area contributed by atoms with Gasteiger partial charge in [0, 0.05) is 24.8 Å². The van der Waals surface area contributed by atoms with Crippen molar-refractivity contribution in [2.24, 2.45) is 0 Å². The Morgan fingerprint density at radius 2 is 2.00 bits per heavy atom. The van der Waals surface area contributed by atoms with Crippen LogP contribution < -0.4 is 4.90 Å². The Bertz CT molecular complexity index is 606. The smallest absolute Gasteiger partial charge is 0.242 e. The van der Waals surface area contributed by atoms with Gasteiger partial charge in [-0.25, -0.2) is 8.42 Å². The lowest BCUT2D eigenvalue weighted by Gasteiger charge is -2.28. The van der Waals surface area contributed by atoms with Gasteiger partial charge in [-0.2, -0.15) is 0 Å². The minimum atomic E-state index is -3.36. The molecule has 0 radical (unpaired) electrons. The zero-order chi connectivity index (χ0) is 13.3. The van der Waals surface area contributed by atoms with E-state index in [0.717, 1.165) is 6.26 Å². The molecule has 1 aliphatic rings. The fourth-order valence-electron chi connectivity index (χ4n) is 1.97. The van der Waals surface area contributed by atoms with E-state index in [1.807, 2.05) is 0 Å². The molecule has 0 aromatic heterocycles. The van der Waals surface area contributed by atoms with Crippen molar-refractivity contribution in [2.45, 2.75) is 6.42 Å². The molecule has 0 saturated heterocycles. The summed E-state index contributed by atoms with van der Waals surface area (Å²) in [6, 6.07) is 6.75. The van der Waals surface area contributed by atoms with Gasteiger partial charge in [0.2, 0.25) is 5.91 Å². The molecule has 1 heterocycles. The average Bonchev–Trinajstić information content (AvgIpc) is 2.27. The summed E-state index contributed by atoms with van der Waals surface area (Å²) in [4.78, 5) is 25.0. The van der Waals surface area contributed by atoms with E-state index in [9.17, 15) is 18.0 Å². The summed E-state index contributed by atoms with van der Waals surface area (Å²) >= 11 is 0. The number of nitrogens with zero attached hydrogens (tertiary/aromatic N) is 1. The molecular formula is C12H13NO4S. The van der Waals surface area contributed by atoms with Crippen molar-refractivity contribution in [1.82, 2.24) is 0 Å². The van der Waals surface area contributed by atoms with E-state index in [-0.39, 0.29) is 18.7 Å².